The van der Waals surface area contributed by atoms with Crippen LogP contribution in [0.15, 0.2) is 83.7 Å². The third kappa shape index (κ3) is 5.89. The van der Waals surface area contributed by atoms with Crippen LogP contribution in [0, 0.1) is 0 Å². The number of nitrogens with one attached hydrogen (secondary N) is 2. The Bertz CT molecular complexity index is 1820. The fourth-order valence-electron chi connectivity index (χ4n) is 5.51. The first-order valence-electron chi connectivity index (χ1n) is 14.8. The van der Waals surface area contributed by atoms with Gasteiger partial charge < -0.3 is 16.4 Å². The first-order valence-corrected chi connectivity index (χ1v) is 14.8. The largest absolute Gasteiger partial charge is 0.416 e. The van der Waals surface area contributed by atoms with Crippen molar-refractivity contribution in [1.82, 2.24) is 15.3 Å². The molecule has 1 heterocycles. The average molecular weight is 597 g/mol. The molecule has 1 amide bonds. The maximum atomic E-state index is 13.5. The predicted octanol–water partition coefficient (Wildman–Crippen LogP) is 7.06. The number of fused-ring (bicyclic) bond motifs is 1. The van der Waals surface area contributed by atoms with Gasteiger partial charge >= 0.3 is 6.18 Å². The molecule has 0 atom stereocenters. The number of hydrogen-bond donors (Lipinski definition) is 3. The first kappa shape index (κ1) is 28.1. The molecule has 224 valence electrons. The van der Waals surface area contributed by atoms with Gasteiger partial charge in [-0.25, -0.2) is 9.97 Å². The van der Waals surface area contributed by atoms with Crippen molar-refractivity contribution in [3.63, 3.8) is 0 Å². The average Bonchev–Trinajstić information content (AvgIpc) is 3.88. The van der Waals surface area contributed by atoms with Crippen molar-refractivity contribution in [2.24, 2.45) is 10.7 Å². The normalized spacial score (nSPS) is 18.0. The van der Waals surface area contributed by atoms with Gasteiger partial charge in [0.25, 0.3) is 5.91 Å². The van der Waals surface area contributed by atoms with Crippen molar-refractivity contribution in [2.45, 2.75) is 62.2 Å². The summed E-state index contributed by atoms with van der Waals surface area (Å²) in [5.74, 6) is 0.535. The number of rotatable bonds is 9. The van der Waals surface area contributed by atoms with E-state index < -0.39 is 17.3 Å². The number of carbonyl (C=O) groups is 1. The maximum Gasteiger partial charge on any atom is 0.416 e. The lowest BCUT2D eigenvalue weighted by molar-refractivity contribution is -0.137. The van der Waals surface area contributed by atoms with Crippen molar-refractivity contribution in [3.05, 3.63) is 101 Å². The molecule has 0 bridgehead atoms. The summed E-state index contributed by atoms with van der Waals surface area (Å²) in [5, 5.41) is 7.00. The Morgan fingerprint density at radius 3 is 2.55 bits per heavy atom. The monoisotopic (exact) mass is 596 g/mol. The van der Waals surface area contributed by atoms with Gasteiger partial charge in [0, 0.05) is 29.6 Å². The lowest BCUT2D eigenvalue weighted by Gasteiger charge is -2.20. The molecular weight excluding hydrogens is 565 g/mol. The summed E-state index contributed by atoms with van der Waals surface area (Å²) in [7, 11) is 0. The van der Waals surface area contributed by atoms with Crippen LogP contribution in [0.3, 0.4) is 0 Å². The SMILES string of the molecule is NC=C(C=NC1CC1)Nc1ncc2cc(-c3cc(C(=O)NC4(c5cccc(C(F)(F)F)c5)CC4)ccc3C3CC3)ccc2n1. The molecule has 1 aromatic heterocycles. The number of allylic oxidation sites excluding steroid dienone is 1. The summed E-state index contributed by atoms with van der Waals surface area (Å²) < 4.78 is 40.0. The summed E-state index contributed by atoms with van der Waals surface area (Å²) in [5.41, 5.74) is 9.63. The van der Waals surface area contributed by atoms with Crippen LogP contribution in [0.1, 0.15) is 71.5 Å². The summed E-state index contributed by atoms with van der Waals surface area (Å²) in [4.78, 5) is 27.1. The number of halogens is 3. The summed E-state index contributed by atoms with van der Waals surface area (Å²) in [6, 6.07) is 17.2. The van der Waals surface area contributed by atoms with Gasteiger partial charge in [0.05, 0.1) is 28.4 Å². The summed E-state index contributed by atoms with van der Waals surface area (Å²) >= 11 is 0. The molecule has 4 N–H and O–H groups in total. The standard InChI is InChI=1S/C34H31F3N6O/c35-34(36,37)25-3-1-2-24(16-25)33(12-13-33)43-31(44)22-6-10-28(20-4-5-20)29(15-22)21-7-11-30-23(14-21)18-40-32(42-30)41-27(17-38)19-39-26-8-9-26/h1-3,6-7,10-11,14-20,26H,4-5,8-9,12-13,38H2,(H,43,44)(H,40,41,42). The van der Waals surface area contributed by atoms with Gasteiger partial charge in [-0.05, 0) is 103 Å². The zero-order chi connectivity index (χ0) is 30.5. The number of aromatic nitrogens is 2. The van der Waals surface area contributed by atoms with Crippen LogP contribution >= 0.6 is 0 Å². The van der Waals surface area contributed by atoms with E-state index in [9.17, 15) is 18.0 Å². The van der Waals surface area contributed by atoms with Crippen molar-refractivity contribution < 1.29 is 18.0 Å². The van der Waals surface area contributed by atoms with Crippen LogP contribution in [0.5, 0.6) is 0 Å². The number of alkyl halides is 3. The van der Waals surface area contributed by atoms with Gasteiger partial charge in [-0.15, -0.1) is 0 Å². The Morgan fingerprint density at radius 2 is 1.84 bits per heavy atom. The molecule has 3 aliphatic rings. The van der Waals surface area contributed by atoms with Crippen LogP contribution in [0.4, 0.5) is 19.1 Å². The Kier molecular flexibility index (Phi) is 6.87. The van der Waals surface area contributed by atoms with Crippen LogP contribution < -0.4 is 16.4 Å². The Hall–Kier alpha value is -4.73. The third-order valence-corrected chi connectivity index (χ3v) is 8.48. The number of nitrogens with two attached hydrogens (primary N) is 1. The Labute approximate surface area is 252 Å². The molecule has 0 radical (unpaired) electrons. The molecule has 3 aliphatic carbocycles. The topological polar surface area (TPSA) is 105 Å². The predicted molar refractivity (Wildman–Crippen MR) is 164 cm³/mol. The molecule has 0 saturated heterocycles. The van der Waals surface area contributed by atoms with E-state index in [0.29, 0.717) is 47.6 Å². The fraction of sp³-hybridized carbons (Fsp3) is 0.294. The molecule has 3 fully saturated rings. The van der Waals surface area contributed by atoms with Crippen LogP contribution in [0.2, 0.25) is 0 Å². The lowest BCUT2D eigenvalue weighted by atomic mass is 9.93. The van der Waals surface area contributed by atoms with Crippen LogP contribution in [-0.4, -0.2) is 28.1 Å². The van der Waals surface area contributed by atoms with E-state index >= 15 is 0 Å². The fourth-order valence-corrected chi connectivity index (χ4v) is 5.51. The Balaban J connectivity index is 1.14. The molecule has 0 spiro atoms. The highest BCUT2D eigenvalue weighted by molar-refractivity contribution is 5.97. The zero-order valence-corrected chi connectivity index (χ0v) is 23.9. The number of anilines is 1. The van der Waals surface area contributed by atoms with E-state index in [2.05, 4.69) is 25.6 Å². The maximum absolute atomic E-state index is 13.5. The molecule has 10 heteroatoms. The van der Waals surface area contributed by atoms with Gasteiger partial charge in [0.15, 0.2) is 0 Å². The molecule has 44 heavy (non-hydrogen) atoms. The molecule has 0 aliphatic heterocycles. The summed E-state index contributed by atoms with van der Waals surface area (Å²) in [6.07, 6.45) is 6.00. The van der Waals surface area contributed by atoms with Gasteiger partial charge in [0.2, 0.25) is 5.95 Å². The number of hydrogen-bond acceptors (Lipinski definition) is 6. The number of carbonyl (C=O) groups excluding carboxylic acids is 1. The van der Waals surface area contributed by atoms with Gasteiger partial charge in [0.1, 0.15) is 0 Å². The number of amides is 1. The second-order valence-corrected chi connectivity index (χ2v) is 11.9. The molecule has 3 saturated carbocycles. The van der Waals surface area contributed by atoms with Crippen LogP contribution in [0.25, 0.3) is 22.0 Å². The van der Waals surface area contributed by atoms with E-state index in [1.165, 1.54) is 17.8 Å². The van der Waals surface area contributed by atoms with E-state index in [4.69, 9.17) is 5.73 Å². The zero-order valence-electron chi connectivity index (χ0n) is 23.9. The number of aliphatic imine (C=N–C) groups is 1. The molecule has 7 rings (SSSR count). The van der Waals surface area contributed by atoms with Gasteiger partial charge in [-0.2, -0.15) is 13.2 Å². The van der Waals surface area contributed by atoms with Crippen molar-refractivity contribution in [2.75, 3.05) is 5.32 Å². The third-order valence-electron chi connectivity index (χ3n) is 8.48. The van der Waals surface area contributed by atoms with E-state index in [1.54, 1.807) is 18.5 Å². The number of benzene rings is 3. The molecule has 0 unspecified atom stereocenters. The van der Waals surface area contributed by atoms with E-state index in [1.807, 2.05) is 36.4 Å². The van der Waals surface area contributed by atoms with E-state index in [-0.39, 0.29) is 5.91 Å². The minimum atomic E-state index is -4.44. The van der Waals surface area contributed by atoms with Crippen molar-refractivity contribution >= 4 is 29.0 Å². The molecule has 4 aromatic rings. The van der Waals surface area contributed by atoms with Crippen molar-refractivity contribution in [1.29, 1.82) is 0 Å². The molecular formula is C34H31F3N6O. The second-order valence-electron chi connectivity index (χ2n) is 11.9. The summed E-state index contributed by atoms with van der Waals surface area (Å²) in [6.45, 7) is 0. The van der Waals surface area contributed by atoms with Gasteiger partial charge in [-0.3, -0.25) is 9.79 Å². The molecule has 3 aromatic carbocycles. The number of nitrogens with zero attached hydrogens (tertiary/aromatic N) is 3. The van der Waals surface area contributed by atoms with Crippen molar-refractivity contribution in [3.8, 4) is 11.1 Å². The highest BCUT2D eigenvalue weighted by atomic mass is 19.4. The highest BCUT2D eigenvalue weighted by Crippen LogP contribution is 2.48. The quantitative estimate of drug-likeness (QED) is 0.180. The lowest BCUT2D eigenvalue weighted by Crippen LogP contribution is -2.35. The van der Waals surface area contributed by atoms with E-state index in [0.717, 1.165) is 59.8 Å². The molecule has 7 nitrogen and oxygen atoms in total. The Morgan fingerprint density at radius 1 is 1.02 bits per heavy atom. The minimum absolute atomic E-state index is 0.308. The highest BCUT2D eigenvalue weighted by Gasteiger charge is 2.46. The van der Waals surface area contributed by atoms with Gasteiger partial charge in [-0.1, -0.05) is 24.3 Å². The second kappa shape index (κ2) is 10.8. The first-order chi connectivity index (χ1) is 21.2. The van der Waals surface area contributed by atoms with Crippen LogP contribution in [-0.2, 0) is 11.7 Å². The smallest absolute Gasteiger partial charge is 0.403 e. The minimum Gasteiger partial charge on any atom is -0.403 e.